The maximum atomic E-state index is 11.2. The van der Waals surface area contributed by atoms with Gasteiger partial charge in [0.05, 0.1) is 6.26 Å². The Labute approximate surface area is 109 Å². The Morgan fingerprint density at radius 1 is 1.28 bits per heavy atom. The van der Waals surface area contributed by atoms with E-state index in [2.05, 4.69) is 15.0 Å². The van der Waals surface area contributed by atoms with E-state index in [1.54, 1.807) is 12.4 Å². The summed E-state index contributed by atoms with van der Waals surface area (Å²) in [5.41, 5.74) is 0.734. The maximum absolute atomic E-state index is 11.2. The number of pyridine rings is 1. The summed E-state index contributed by atoms with van der Waals surface area (Å²) in [6.45, 7) is 5.10. The van der Waals surface area contributed by atoms with E-state index < -0.39 is 15.6 Å². The molecule has 102 valence electrons. The van der Waals surface area contributed by atoms with Crippen molar-refractivity contribution in [3.8, 4) is 0 Å². The van der Waals surface area contributed by atoms with Crippen molar-refractivity contribution in [3.63, 3.8) is 0 Å². The van der Waals surface area contributed by atoms with Crippen molar-refractivity contribution in [3.05, 3.63) is 30.1 Å². The largest absolute Gasteiger partial charge is 0.315 e. The van der Waals surface area contributed by atoms with Crippen LogP contribution in [-0.4, -0.2) is 38.3 Å². The third kappa shape index (κ3) is 6.68. The van der Waals surface area contributed by atoms with Gasteiger partial charge in [0.15, 0.2) is 0 Å². The Balaban J connectivity index is 2.29. The van der Waals surface area contributed by atoms with E-state index in [-0.39, 0.29) is 0 Å². The first-order valence-electron chi connectivity index (χ1n) is 5.87. The summed E-state index contributed by atoms with van der Waals surface area (Å²) in [4.78, 5) is 3.96. The topological polar surface area (TPSA) is 71.1 Å². The van der Waals surface area contributed by atoms with Gasteiger partial charge in [-0.2, -0.15) is 0 Å². The summed E-state index contributed by atoms with van der Waals surface area (Å²) in [5, 5.41) is 3.25. The van der Waals surface area contributed by atoms with Crippen LogP contribution in [0.1, 0.15) is 19.4 Å². The maximum Gasteiger partial charge on any atom is 0.209 e. The van der Waals surface area contributed by atoms with Gasteiger partial charge in [-0.3, -0.25) is 4.98 Å². The van der Waals surface area contributed by atoms with Gasteiger partial charge in [-0.05, 0) is 44.5 Å². The summed E-state index contributed by atoms with van der Waals surface area (Å²) >= 11 is 0. The highest BCUT2D eigenvalue weighted by molar-refractivity contribution is 7.88. The number of nitrogens with zero attached hydrogens (tertiary/aromatic N) is 1. The fourth-order valence-electron chi connectivity index (χ4n) is 1.72. The highest BCUT2D eigenvalue weighted by atomic mass is 32.2. The summed E-state index contributed by atoms with van der Waals surface area (Å²) < 4.78 is 24.9. The second kappa shape index (κ2) is 6.26. The summed E-state index contributed by atoms with van der Waals surface area (Å²) in [7, 11) is -3.17. The summed E-state index contributed by atoms with van der Waals surface area (Å²) in [5.74, 6) is 0. The fraction of sp³-hybridized carbons (Fsp3) is 0.583. The lowest BCUT2D eigenvalue weighted by Gasteiger charge is -2.25. The van der Waals surface area contributed by atoms with Crippen LogP contribution in [-0.2, 0) is 16.4 Å². The van der Waals surface area contributed by atoms with Gasteiger partial charge in [0.2, 0.25) is 10.0 Å². The van der Waals surface area contributed by atoms with Crippen molar-refractivity contribution < 1.29 is 8.42 Å². The molecule has 0 unspecified atom stereocenters. The van der Waals surface area contributed by atoms with Crippen molar-refractivity contribution in [2.45, 2.75) is 25.8 Å². The predicted molar refractivity (Wildman–Crippen MR) is 72.9 cm³/mol. The molecule has 0 radical (unpaired) electrons. The smallest absolute Gasteiger partial charge is 0.209 e. The van der Waals surface area contributed by atoms with Crippen molar-refractivity contribution in [1.29, 1.82) is 0 Å². The molecule has 1 aromatic heterocycles. The quantitative estimate of drug-likeness (QED) is 0.710. The molecule has 0 aliphatic heterocycles. The zero-order valence-electron chi connectivity index (χ0n) is 11.1. The van der Waals surface area contributed by atoms with Crippen LogP contribution in [0.4, 0.5) is 0 Å². The molecular weight excluding hydrogens is 250 g/mol. The summed E-state index contributed by atoms with van der Waals surface area (Å²) in [6, 6.07) is 3.95. The number of sulfonamides is 1. The van der Waals surface area contributed by atoms with E-state index in [0.717, 1.165) is 13.0 Å². The fourth-order valence-corrected chi connectivity index (χ4v) is 2.80. The molecule has 1 heterocycles. The van der Waals surface area contributed by atoms with Crippen LogP contribution >= 0.6 is 0 Å². The first kappa shape index (κ1) is 15.1. The third-order valence-electron chi connectivity index (χ3n) is 2.37. The van der Waals surface area contributed by atoms with Gasteiger partial charge >= 0.3 is 0 Å². The average Bonchev–Trinajstić information content (AvgIpc) is 2.23. The number of aromatic nitrogens is 1. The monoisotopic (exact) mass is 271 g/mol. The first-order valence-corrected chi connectivity index (χ1v) is 7.76. The molecule has 0 aliphatic rings. The van der Waals surface area contributed by atoms with Crippen molar-refractivity contribution >= 4 is 10.0 Å². The number of nitrogens with one attached hydrogen (secondary N) is 2. The highest BCUT2D eigenvalue weighted by Gasteiger charge is 2.21. The van der Waals surface area contributed by atoms with Crippen molar-refractivity contribution in [2.24, 2.45) is 0 Å². The number of hydrogen-bond donors (Lipinski definition) is 2. The molecule has 0 amide bonds. The normalized spacial score (nSPS) is 12.6. The molecule has 0 saturated carbocycles. The number of rotatable bonds is 7. The molecule has 1 rings (SSSR count). The molecule has 0 aromatic carbocycles. The van der Waals surface area contributed by atoms with Crippen LogP contribution in [0.2, 0.25) is 0 Å². The molecule has 0 aliphatic carbocycles. The van der Waals surface area contributed by atoms with Gasteiger partial charge < -0.3 is 5.32 Å². The highest BCUT2D eigenvalue weighted by Crippen LogP contribution is 2.02. The minimum absolute atomic E-state index is 0.480. The lowest BCUT2D eigenvalue weighted by atomic mass is 10.1. The molecule has 18 heavy (non-hydrogen) atoms. The Kier molecular flexibility index (Phi) is 5.25. The third-order valence-corrected chi connectivity index (χ3v) is 3.29. The number of hydrogen-bond acceptors (Lipinski definition) is 4. The molecule has 0 atom stereocenters. The standard InChI is InChI=1S/C12H21N3O2S/c1-12(2,15-18(3,16)17)10-14-9-6-11-4-7-13-8-5-11/h4-5,7-8,14-15H,6,9-10H2,1-3H3. The molecule has 1 aromatic rings. The zero-order valence-corrected chi connectivity index (χ0v) is 11.9. The zero-order chi connectivity index (χ0) is 13.6. The molecule has 0 bridgehead atoms. The molecule has 0 fully saturated rings. The molecule has 0 spiro atoms. The molecule has 2 N–H and O–H groups in total. The van der Waals surface area contributed by atoms with E-state index in [9.17, 15) is 8.42 Å². The van der Waals surface area contributed by atoms with Gasteiger partial charge in [-0.25, -0.2) is 13.1 Å². The molecule has 0 saturated heterocycles. The lowest BCUT2D eigenvalue weighted by Crippen LogP contribution is -2.50. The van der Waals surface area contributed by atoms with E-state index >= 15 is 0 Å². The lowest BCUT2D eigenvalue weighted by molar-refractivity contribution is 0.423. The predicted octanol–water partition coefficient (Wildman–Crippen LogP) is 0.542. The second-order valence-electron chi connectivity index (χ2n) is 5.04. The van der Waals surface area contributed by atoms with Crippen LogP contribution in [0.3, 0.4) is 0 Å². The Morgan fingerprint density at radius 2 is 1.89 bits per heavy atom. The molecule has 6 heteroatoms. The van der Waals surface area contributed by atoms with Gasteiger partial charge in [0.1, 0.15) is 0 Å². The van der Waals surface area contributed by atoms with Crippen LogP contribution < -0.4 is 10.0 Å². The van der Waals surface area contributed by atoms with Crippen LogP contribution in [0.5, 0.6) is 0 Å². The SMILES string of the molecule is CC(C)(CNCCc1ccncc1)NS(C)(=O)=O. The van der Waals surface area contributed by atoms with Crippen LogP contribution in [0.15, 0.2) is 24.5 Å². The second-order valence-corrected chi connectivity index (χ2v) is 6.79. The average molecular weight is 271 g/mol. The Bertz CT molecular complexity index is 457. The van der Waals surface area contributed by atoms with E-state index in [0.29, 0.717) is 6.54 Å². The Morgan fingerprint density at radius 3 is 2.44 bits per heavy atom. The van der Waals surface area contributed by atoms with Gasteiger partial charge in [-0.15, -0.1) is 0 Å². The van der Waals surface area contributed by atoms with E-state index in [4.69, 9.17) is 0 Å². The van der Waals surface area contributed by atoms with Gasteiger partial charge in [0.25, 0.3) is 0 Å². The van der Waals surface area contributed by atoms with Gasteiger partial charge in [0, 0.05) is 24.5 Å². The van der Waals surface area contributed by atoms with Gasteiger partial charge in [-0.1, -0.05) is 0 Å². The summed E-state index contributed by atoms with van der Waals surface area (Å²) in [6.07, 6.45) is 5.61. The minimum atomic E-state index is -3.17. The Hall–Kier alpha value is -0.980. The minimum Gasteiger partial charge on any atom is -0.315 e. The van der Waals surface area contributed by atoms with Crippen LogP contribution in [0.25, 0.3) is 0 Å². The molecular formula is C12H21N3O2S. The van der Waals surface area contributed by atoms with Crippen molar-refractivity contribution in [1.82, 2.24) is 15.0 Å². The van der Waals surface area contributed by atoms with E-state index in [1.807, 2.05) is 26.0 Å². The van der Waals surface area contributed by atoms with Crippen molar-refractivity contribution in [2.75, 3.05) is 19.3 Å². The van der Waals surface area contributed by atoms with E-state index in [1.165, 1.54) is 11.8 Å². The first-order chi connectivity index (χ1) is 8.29. The molecule has 5 nitrogen and oxygen atoms in total. The van der Waals surface area contributed by atoms with Crippen LogP contribution in [0, 0.1) is 0 Å².